The molecular weight excluding hydrogens is 1570 g/mol. The Labute approximate surface area is 716 Å². The van der Waals surface area contributed by atoms with E-state index in [4.69, 9.17) is 56.8 Å². The maximum Gasteiger partial charge on any atom is 0.181 e. The first-order chi connectivity index (χ1) is 57.8. The number of thiophene rings is 6. The molecule has 19 rings (SSSR count). The van der Waals surface area contributed by atoms with Crippen LogP contribution in [0.1, 0.15) is 268 Å². The van der Waals surface area contributed by atoms with Crippen molar-refractivity contribution in [3.8, 4) is 163 Å². The van der Waals surface area contributed by atoms with Gasteiger partial charge in [0.2, 0.25) is 0 Å². The van der Waals surface area contributed by atoms with Gasteiger partial charge in [-0.1, -0.05) is 232 Å². The normalized spacial score (nSPS) is 16.6. The number of benzene rings is 4. The second-order valence-corrected chi connectivity index (χ2v) is 39.6. The average molecular weight is 1690 g/mol. The molecule has 10 aromatic rings. The van der Waals surface area contributed by atoms with Crippen LogP contribution in [0.5, 0.6) is 69.0 Å². The topological polar surface area (TPSA) is 111 Å². The SMILES string of the molecule is CCCCCCC1(CCCCCC)c2cc(-c3sc(-c4scc5c4OCCO5)c4c3OCCO4)ccc2-c2c1c1c(c3c2C(CCCCCC)(CCCCCC)c2cc(-c4sc(-c5scc6c5OCCO6)c5c4OCCO5)ccc2-3)C(CCCCCC)(CCCCCC)c2cc(-c3sc(-c4scc5c4OCCO5)c4c3OCCO4)ccc2-1. The van der Waals surface area contributed by atoms with Crippen LogP contribution in [0.4, 0.5) is 0 Å². The fourth-order valence-electron chi connectivity index (χ4n) is 21.3. The molecule has 0 saturated carbocycles. The van der Waals surface area contributed by atoms with E-state index in [1.807, 2.05) is 0 Å². The van der Waals surface area contributed by atoms with Crippen molar-refractivity contribution in [3.05, 3.63) is 104 Å². The molecule has 6 aliphatic heterocycles. The van der Waals surface area contributed by atoms with E-state index in [0.29, 0.717) is 79.3 Å². The highest BCUT2D eigenvalue weighted by molar-refractivity contribution is 7.25. The van der Waals surface area contributed by atoms with Crippen molar-refractivity contribution in [2.24, 2.45) is 0 Å². The standard InChI is InChI=1S/C99H114O12S6/c1-7-13-19-25-37-97(38-26-20-14-8-2)67-55-61(88-82-85(109-52-49-106-82)94(115-88)91-79-70(58-112-91)100-43-46-103-79)31-34-64(67)73-76(97)74-65-35-32-62(89-83-86(110-53-50-107-83)95(116-89)92-80-71(59-113-92)101-44-47-104-80)56-68(65)98(39-27-21-15-9-3,40-28-22-16-10-4)78(74)75-66-36-33-63(57-69(66)99(77(73)75,41-29-23-17-11-5)42-30-24-18-12-6)90-84-87(111-54-51-108-84)96(117-90)93-81-72(60-114-93)102-45-48-105-81/h31-36,55-60H,7-30,37-54H2,1-6H3. The molecule has 3 aliphatic carbocycles. The van der Waals surface area contributed by atoms with Gasteiger partial charge >= 0.3 is 0 Å². The zero-order chi connectivity index (χ0) is 79.2. The Bertz CT molecular complexity index is 4700. The summed E-state index contributed by atoms with van der Waals surface area (Å²) < 4.78 is 79.8. The van der Waals surface area contributed by atoms with Crippen molar-refractivity contribution in [2.45, 2.75) is 250 Å². The van der Waals surface area contributed by atoms with Gasteiger partial charge in [-0.15, -0.1) is 68.0 Å². The molecule has 4 aromatic carbocycles. The van der Waals surface area contributed by atoms with Gasteiger partial charge in [-0.2, -0.15) is 0 Å². The van der Waals surface area contributed by atoms with Gasteiger partial charge in [-0.25, -0.2) is 0 Å². The first kappa shape index (κ1) is 79.5. The largest absolute Gasteiger partial charge is 0.485 e. The summed E-state index contributed by atoms with van der Waals surface area (Å²) in [5, 5.41) is 6.34. The predicted molar refractivity (Wildman–Crippen MR) is 483 cm³/mol. The van der Waals surface area contributed by atoms with Crippen LogP contribution < -0.4 is 56.8 Å². The van der Waals surface area contributed by atoms with Crippen LogP contribution in [0.3, 0.4) is 0 Å². The molecule has 0 amide bonds. The maximum atomic E-state index is 7.00. The molecule has 12 heterocycles. The zero-order valence-electron chi connectivity index (χ0n) is 69.5. The molecule has 12 nitrogen and oxygen atoms in total. The lowest BCUT2D eigenvalue weighted by Crippen LogP contribution is -2.31. The molecule has 0 saturated heterocycles. The average Bonchev–Trinajstić information content (AvgIpc) is 1.48. The smallest absolute Gasteiger partial charge is 0.181 e. The van der Waals surface area contributed by atoms with E-state index in [0.717, 1.165) is 190 Å². The Morgan fingerprint density at radius 2 is 0.462 bits per heavy atom. The Morgan fingerprint density at radius 3 is 0.701 bits per heavy atom. The molecule has 618 valence electrons. The van der Waals surface area contributed by atoms with Gasteiger partial charge in [-0.3, -0.25) is 0 Å². The fourth-order valence-corrected chi connectivity index (χ4v) is 28.1. The summed E-state index contributed by atoms with van der Waals surface area (Å²) in [5.74, 6) is 9.88. The molecule has 0 N–H and O–H groups in total. The lowest BCUT2D eigenvalue weighted by Gasteiger charge is -2.40. The van der Waals surface area contributed by atoms with Crippen LogP contribution in [-0.2, 0) is 16.2 Å². The van der Waals surface area contributed by atoms with E-state index in [1.165, 1.54) is 166 Å². The second-order valence-electron chi connectivity index (χ2n) is 33.9. The highest BCUT2D eigenvalue weighted by Gasteiger charge is 2.58. The van der Waals surface area contributed by atoms with Gasteiger partial charge in [0.1, 0.15) is 79.3 Å². The van der Waals surface area contributed by atoms with Gasteiger partial charge < -0.3 is 56.8 Å². The second kappa shape index (κ2) is 34.7. The van der Waals surface area contributed by atoms with E-state index in [2.05, 4.69) is 112 Å². The van der Waals surface area contributed by atoms with E-state index < -0.39 is 0 Å². The van der Waals surface area contributed by atoms with Gasteiger partial charge in [0.25, 0.3) is 0 Å². The van der Waals surface area contributed by atoms with Gasteiger partial charge in [-0.05, 0) is 140 Å². The zero-order valence-corrected chi connectivity index (χ0v) is 74.4. The molecule has 117 heavy (non-hydrogen) atoms. The third-order valence-corrected chi connectivity index (χ3v) is 33.5. The Balaban J connectivity index is 0.930. The minimum Gasteiger partial charge on any atom is -0.485 e. The first-order valence-electron chi connectivity index (χ1n) is 44.9. The number of unbranched alkanes of at least 4 members (excludes halogenated alkanes) is 18. The monoisotopic (exact) mass is 1690 g/mol. The Morgan fingerprint density at radius 1 is 0.239 bits per heavy atom. The summed E-state index contributed by atoms with van der Waals surface area (Å²) in [6.45, 7) is 20.4. The number of ether oxygens (including phenoxy) is 12. The van der Waals surface area contributed by atoms with Crippen molar-refractivity contribution < 1.29 is 56.8 Å². The summed E-state index contributed by atoms with van der Waals surface area (Å²) in [4.78, 5) is 9.68. The molecular formula is C99H114O12S6. The van der Waals surface area contributed by atoms with Crippen LogP contribution in [-0.4, -0.2) is 79.3 Å². The maximum absolute atomic E-state index is 7.00. The lowest BCUT2D eigenvalue weighted by atomic mass is 9.63. The minimum atomic E-state index is -0.374. The fraction of sp³-hybridized carbons (Fsp3) is 0.515. The lowest BCUT2D eigenvalue weighted by molar-refractivity contribution is 0.172. The van der Waals surface area contributed by atoms with Crippen LogP contribution in [0.15, 0.2) is 70.7 Å². The molecule has 0 unspecified atom stereocenters. The molecule has 9 aliphatic rings. The molecule has 18 heteroatoms. The summed E-state index contributed by atoms with van der Waals surface area (Å²) in [7, 11) is 0. The minimum absolute atomic E-state index is 0.374. The molecule has 6 aromatic heterocycles. The van der Waals surface area contributed by atoms with Crippen molar-refractivity contribution in [1.82, 2.24) is 0 Å². The van der Waals surface area contributed by atoms with Crippen LogP contribution in [0, 0.1) is 0 Å². The van der Waals surface area contributed by atoms with Crippen LogP contribution in [0.2, 0.25) is 0 Å². The number of hydrogen-bond donors (Lipinski definition) is 0. The van der Waals surface area contributed by atoms with E-state index in [9.17, 15) is 0 Å². The van der Waals surface area contributed by atoms with Gasteiger partial charge in [0.05, 0.1) is 43.9 Å². The van der Waals surface area contributed by atoms with Crippen LogP contribution in [0.25, 0.3) is 94.0 Å². The third kappa shape index (κ3) is 13.9. The third-order valence-electron chi connectivity index (χ3n) is 26.6. The number of rotatable bonds is 36. The van der Waals surface area contributed by atoms with E-state index >= 15 is 0 Å². The van der Waals surface area contributed by atoms with E-state index in [1.54, 1.807) is 101 Å². The highest BCUT2D eigenvalue weighted by Crippen LogP contribution is 2.74. The summed E-state index contributed by atoms with van der Waals surface area (Å²) in [5.41, 5.74) is 20.9. The summed E-state index contributed by atoms with van der Waals surface area (Å²) in [6.07, 6.45) is 34.6. The summed E-state index contributed by atoms with van der Waals surface area (Å²) in [6, 6.07) is 23.7. The molecule has 0 spiro atoms. The van der Waals surface area contributed by atoms with Gasteiger partial charge in [0, 0.05) is 32.4 Å². The molecule has 0 bridgehead atoms. The first-order valence-corrected chi connectivity index (χ1v) is 50.0. The Kier molecular flexibility index (Phi) is 23.5. The van der Waals surface area contributed by atoms with Crippen molar-refractivity contribution in [3.63, 3.8) is 0 Å². The Hall–Kier alpha value is -7.32. The van der Waals surface area contributed by atoms with Crippen molar-refractivity contribution in [1.29, 1.82) is 0 Å². The van der Waals surface area contributed by atoms with Crippen molar-refractivity contribution >= 4 is 68.0 Å². The van der Waals surface area contributed by atoms with Gasteiger partial charge in [0.15, 0.2) is 69.0 Å². The number of hydrogen-bond acceptors (Lipinski definition) is 18. The van der Waals surface area contributed by atoms with Crippen molar-refractivity contribution in [2.75, 3.05) is 79.3 Å². The van der Waals surface area contributed by atoms with E-state index in [-0.39, 0.29) is 16.2 Å². The highest BCUT2D eigenvalue weighted by atomic mass is 32.1. The number of fused-ring (bicyclic) bond motifs is 18. The molecule has 0 atom stereocenters. The summed E-state index contributed by atoms with van der Waals surface area (Å²) >= 11 is 10.5. The molecule has 0 radical (unpaired) electrons. The quantitative estimate of drug-likeness (QED) is 0.0349. The molecule has 0 fully saturated rings. The predicted octanol–water partition coefficient (Wildman–Crippen LogP) is 29.3. The van der Waals surface area contributed by atoms with Crippen LogP contribution >= 0.6 is 68.0 Å².